The van der Waals surface area contributed by atoms with Crippen molar-refractivity contribution in [1.29, 1.82) is 0 Å². The van der Waals surface area contributed by atoms with E-state index in [1.807, 2.05) is 24.3 Å². The van der Waals surface area contributed by atoms with E-state index in [4.69, 9.17) is 4.74 Å². The van der Waals surface area contributed by atoms with Crippen LogP contribution in [0.25, 0.3) is 0 Å². The van der Waals surface area contributed by atoms with Crippen molar-refractivity contribution >= 4 is 17.5 Å². The number of carbonyl (C=O) groups is 2. The number of fused-ring (bicyclic) bond motifs is 3. The molecule has 1 aliphatic carbocycles. The van der Waals surface area contributed by atoms with E-state index < -0.39 is 6.04 Å². The van der Waals surface area contributed by atoms with Gasteiger partial charge in [0.2, 0.25) is 11.8 Å². The summed E-state index contributed by atoms with van der Waals surface area (Å²) >= 11 is 0. The molecule has 1 N–H and O–H groups in total. The summed E-state index contributed by atoms with van der Waals surface area (Å²) in [6.07, 6.45) is 5.80. The van der Waals surface area contributed by atoms with Gasteiger partial charge in [0, 0.05) is 51.3 Å². The standard InChI is InChI=1S/C31H40N4O3/c36-29(10-15-33-16-12-31(13-17-33)11-9-24-5-1-3-7-26(24)31)35-27-8-4-2-6-25(27)23-28(35)30(37)32-14-18-34-19-21-38-22-20-34/h1-8,28H,9-23H2,(H,32,37)/t28-/m0/s1. The molecule has 0 aromatic heterocycles. The molecule has 6 rings (SSSR count). The van der Waals surface area contributed by atoms with Gasteiger partial charge in [0.15, 0.2) is 0 Å². The minimum atomic E-state index is -0.468. The van der Waals surface area contributed by atoms with Gasteiger partial charge in [-0.15, -0.1) is 0 Å². The van der Waals surface area contributed by atoms with Crippen molar-refractivity contribution in [2.75, 3.05) is 63.9 Å². The molecule has 0 radical (unpaired) electrons. The number of piperidine rings is 1. The third-order valence-electron chi connectivity index (χ3n) is 9.30. The first kappa shape index (κ1) is 25.5. The highest BCUT2D eigenvalue weighted by Crippen LogP contribution is 2.46. The highest BCUT2D eigenvalue weighted by atomic mass is 16.5. The highest BCUT2D eigenvalue weighted by molar-refractivity contribution is 6.03. The van der Waals surface area contributed by atoms with E-state index in [9.17, 15) is 9.59 Å². The average Bonchev–Trinajstić information content (AvgIpc) is 3.52. The van der Waals surface area contributed by atoms with Gasteiger partial charge in [-0.25, -0.2) is 0 Å². The SMILES string of the molecule is O=C(NCCN1CCOCC1)[C@@H]1Cc2ccccc2N1C(=O)CCN1CCC2(CCc3ccccc32)CC1. The number of benzene rings is 2. The van der Waals surface area contributed by atoms with Gasteiger partial charge >= 0.3 is 0 Å². The van der Waals surface area contributed by atoms with Gasteiger partial charge in [-0.3, -0.25) is 19.4 Å². The Kier molecular flexibility index (Phi) is 7.50. The fourth-order valence-corrected chi connectivity index (χ4v) is 7.05. The summed E-state index contributed by atoms with van der Waals surface area (Å²) in [4.78, 5) is 33.4. The molecule has 1 spiro atoms. The Morgan fingerprint density at radius 1 is 0.868 bits per heavy atom. The third kappa shape index (κ3) is 5.12. The number of hydrogen-bond donors (Lipinski definition) is 1. The van der Waals surface area contributed by atoms with Crippen LogP contribution in [0.4, 0.5) is 5.69 Å². The molecular formula is C31H40N4O3. The number of para-hydroxylation sites is 1. The van der Waals surface area contributed by atoms with Gasteiger partial charge in [-0.05, 0) is 66.9 Å². The van der Waals surface area contributed by atoms with Gasteiger partial charge in [0.05, 0.1) is 13.2 Å². The summed E-state index contributed by atoms with van der Waals surface area (Å²) < 4.78 is 5.41. The normalized spacial score (nSPS) is 22.8. The predicted molar refractivity (Wildman–Crippen MR) is 148 cm³/mol. The molecule has 38 heavy (non-hydrogen) atoms. The Morgan fingerprint density at radius 3 is 2.39 bits per heavy atom. The Hall–Kier alpha value is -2.74. The van der Waals surface area contributed by atoms with Gasteiger partial charge in [0.1, 0.15) is 6.04 Å². The maximum absolute atomic E-state index is 13.6. The number of amides is 2. The zero-order valence-electron chi connectivity index (χ0n) is 22.4. The number of nitrogens with zero attached hydrogens (tertiary/aromatic N) is 3. The summed E-state index contributed by atoms with van der Waals surface area (Å²) in [5.41, 5.74) is 5.39. The number of ether oxygens (including phenoxy) is 1. The highest BCUT2D eigenvalue weighted by Gasteiger charge is 2.41. The zero-order valence-corrected chi connectivity index (χ0v) is 22.4. The predicted octanol–water partition coefficient (Wildman–Crippen LogP) is 2.76. The number of anilines is 1. The first-order valence-electron chi connectivity index (χ1n) is 14.4. The molecule has 3 heterocycles. The van der Waals surface area contributed by atoms with E-state index in [2.05, 4.69) is 39.4 Å². The molecule has 7 heteroatoms. The molecule has 0 unspecified atom stereocenters. The Labute approximate surface area is 226 Å². The Balaban J connectivity index is 1.04. The molecule has 2 amide bonds. The smallest absolute Gasteiger partial charge is 0.243 e. The molecule has 1 atom stereocenters. The number of morpholine rings is 1. The number of hydrogen-bond acceptors (Lipinski definition) is 5. The van der Waals surface area contributed by atoms with Gasteiger partial charge in [0.25, 0.3) is 0 Å². The molecule has 7 nitrogen and oxygen atoms in total. The van der Waals surface area contributed by atoms with E-state index in [0.717, 1.165) is 63.7 Å². The van der Waals surface area contributed by atoms with Crippen LogP contribution < -0.4 is 10.2 Å². The van der Waals surface area contributed by atoms with Crippen LogP contribution >= 0.6 is 0 Å². The maximum Gasteiger partial charge on any atom is 0.243 e. The lowest BCUT2D eigenvalue weighted by Crippen LogP contribution is -2.50. The lowest BCUT2D eigenvalue weighted by atomic mass is 9.74. The van der Waals surface area contributed by atoms with E-state index in [-0.39, 0.29) is 11.8 Å². The second-order valence-corrected chi connectivity index (χ2v) is 11.4. The number of rotatable bonds is 7. The van der Waals surface area contributed by atoms with Crippen molar-refractivity contribution in [3.05, 3.63) is 65.2 Å². The lowest BCUT2D eigenvalue weighted by Gasteiger charge is -2.40. The van der Waals surface area contributed by atoms with Gasteiger partial charge < -0.3 is 15.0 Å². The second kappa shape index (κ2) is 11.2. The zero-order chi connectivity index (χ0) is 26.0. The van der Waals surface area contributed by atoms with Crippen LogP contribution in [0.15, 0.2) is 48.5 Å². The summed E-state index contributed by atoms with van der Waals surface area (Å²) in [6.45, 7) is 7.52. The number of aryl methyl sites for hydroxylation is 1. The minimum absolute atomic E-state index is 0.0507. The molecule has 0 saturated carbocycles. The largest absolute Gasteiger partial charge is 0.379 e. The van der Waals surface area contributed by atoms with Crippen LogP contribution in [-0.4, -0.2) is 86.7 Å². The van der Waals surface area contributed by atoms with Crippen molar-refractivity contribution in [3.63, 3.8) is 0 Å². The monoisotopic (exact) mass is 516 g/mol. The molecule has 2 saturated heterocycles. The van der Waals surface area contributed by atoms with E-state index in [1.165, 1.54) is 31.2 Å². The molecule has 202 valence electrons. The van der Waals surface area contributed by atoms with Crippen LogP contribution in [0.2, 0.25) is 0 Å². The van der Waals surface area contributed by atoms with Crippen molar-refractivity contribution < 1.29 is 14.3 Å². The maximum atomic E-state index is 13.6. The van der Waals surface area contributed by atoms with E-state index >= 15 is 0 Å². The lowest BCUT2D eigenvalue weighted by molar-refractivity contribution is -0.126. The molecule has 2 aromatic carbocycles. The van der Waals surface area contributed by atoms with Crippen molar-refractivity contribution in [1.82, 2.24) is 15.1 Å². The molecule has 4 aliphatic rings. The Bertz CT molecular complexity index is 1150. The topological polar surface area (TPSA) is 65.1 Å². The first-order chi connectivity index (χ1) is 18.6. The molecule has 0 bridgehead atoms. The van der Waals surface area contributed by atoms with E-state index in [0.29, 0.717) is 24.8 Å². The van der Waals surface area contributed by atoms with Gasteiger partial charge in [-0.2, -0.15) is 0 Å². The molecular weight excluding hydrogens is 476 g/mol. The fourth-order valence-electron chi connectivity index (χ4n) is 7.05. The minimum Gasteiger partial charge on any atom is -0.379 e. The van der Waals surface area contributed by atoms with E-state index in [1.54, 1.807) is 10.5 Å². The number of likely N-dealkylation sites (tertiary alicyclic amines) is 1. The summed E-state index contributed by atoms with van der Waals surface area (Å²) in [7, 11) is 0. The summed E-state index contributed by atoms with van der Waals surface area (Å²) in [5, 5.41) is 3.11. The van der Waals surface area contributed by atoms with Gasteiger partial charge in [-0.1, -0.05) is 42.5 Å². The quantitative estimate of drug-likeness (QED) is 0.613. The van der Waals surface area contributed by atoms with Crippen LogP contribution in [0, 0.1) is 0 Å². The average molecular weight is 517 g/mol. The second-order valence-electron chi connectivity index (χ2n) is 11.4. The van der Waals surface area contributed by atoms with Crippen molar-refractivity contribution in [2.45, 2.75) is 50.0 Å². The van der Waals surface area contributed by atoms with Crippen LogP contribution in [0.5, 0.6) is 0 Å². The van der Waals surface area contributed by atoms with Crippen molar-refractivity contribution in [3.8, 4) is 0 Å². The number of nitrogens with one attached hydrogen (secondary N) is 1. The van der Waals surface area contributed by atoms with Crippen LogP contribution in [0.3, 0.4) is 0 Å². The summed E-state index contributed by atoms with van der Waals surface area (Å²) in [6, 6.07) is 16.5. The Morgan fingerprint density at radius 2 is 1.58 bits per heavy atom. The summed E-state index contributed by atoms with van der Waals surface area (Å²) in [5.74, 6) is -0.00241. The molecule has 3 aliphatic heterocycles. The fraction of sp³-hybridized carbons (Fsp3) is 0.548. The molecule has 2 aromatic rings. The third-order valence-corrected chi connectivity index (χ3v) is 9.30. The number of carbonyl (C=O) groups excluding carboxylic acids is 2. The van der Waals surface area contributed by atoms with Crippen LogP contribution in [-0.2, 0) is 32.6 Å². The van der Waals surface area contributed by atoms with Crippen molar-refractivity contribution in [2.24, 2.45) is 0 Å². The van der Waals surface area contributed by atoms with Crippen LogP contribution in [0.1, 0.15) is 42.4 Å². The molecule has 2 fully saturated rings. The first-order valence-corrected chi connectivity index (χ1v) is 14.4.